The first-order chi connectivity index (χ1) is 11.0. The Morgan fingerprint density at radius 2 is 1.91 bits per heavy atom. The Balaban J connectivity index is 2.08. The van der Waals surface area contributed by atoms with Crippen molar-refractivity contribution in [3.63, 3.8) is 0 Å². The molecule has 2 rings (SSSR count). The molecule has 0 saturated heterocycles. The number of likely N-dealkylation sites (N-methyl/N-ethyl adjacent to an activating group) is 1. The van der Waals surface area contributed by atoms with Crippen LogP contribution in [0.1, 0.15) is 15.9 Å². The van der Waals surface area contributed by atoms with Crippen molar-refractivity contribution in [2.45, 2.75) is 6.92 Å². The van der Waals surface area contributed by atoms with Crippen LogP contribution in [-0.4, -0.2) is 38.3 Å². The number of carbonyl (C=O) groups excluding carboxylic acids is 1. The van der Waals surface area contributed by atoms with Crippen LogP contribution in [-0.2, 0) is 0 Å². The van der Waals surface area contributed by atoms with Gasteiger partial charge >= 0.3 is 0 Å². The maximum absolute atomic E-state index is 12.4. The second-order valence-corrected chi connectivity index (χ2v) is 5.33. The zero-order valence-electron chi connectivity index (χ0n) is 13.7. The third-order valence-corrected chi connectivity index (χ3v) is 3.68. The topological polar surface area (TPSA) is 61.8 Å². The molecule has 0 fully saturated rings. The molecule has 0 spiro atoms. The van der Waals surface area contributed by atoms with Crippen molar-refractivity contribution < 1.29 is 14.6 Å². The lowest BCUT2D eigenvalue weighted by Crippen LogP contribution is -2.21. The number of anilines is 2. The van der Waals surface area contributed by atoms with Crippen LogP contribution in [0.25, 0.3) is 0 Å². The zero-order valence-corrected chi connectivity index (χ0v) is 13.7. The molecule has 0 unspecified atom stereocenters. The van der Waals surface area contributed by atoms with E-state index in [2.05, 4.69) is 5.32 Å². The van der Waals surface area contributed by atoms with Crippen molar-refractivity contribution in [3.8, 4) is 5.75 Å². The van der Waals surface area contributed by atoms with E-state index in [-0.39, 0.29) is 12.5 Å². The first-order valence-corrected chi connectivity index (χ1v) is 7.43. The molecule has 0 atom stereocenters. The molecule has 2 aromatic carbocycles. The molecular weight excluding hydrogens is 292 g/mol. The van der Waals surface area contributed by atoms with Gasteiger partial charge in [-0.3, -0.25) is 4.79 Å². The lowest BCUT2D eigenvalue weighted by Gasteiger charge is -2.18. The molecule has 0 saturated carbocycles. The van der Waals surface area contributed by atoms with Crippen molar-refractivity contribution in [1.29, 1.82) is 0 Å². The molecule has 2 aromatic rings. The lowest BCUT2D eigenvalue weighted by molar-refractivity contribution is 0.102. The summed E-state index contributed by atoms with van der Waals surface area (Å²) in [6, 6.07) is 12.9. The summed E-state index contributed by atoms with van der Waals surface area (Å²) in [5, 5.41) is 11.8. The van der Waals surface area contributed by atoms with Gasteiger partial charge in [0.2, 0.25) is 0 Å². The van der Waals surface area contributed by atoms with Gasteiger partial charge in [-0.25, -0.2) is 0 Å². The zero-order chi connectivity index (χ0) is 16.8. The highest BCUT2D eigenvalue weighted by atomic mass is 16.5. The molecule has 0 heterocycles. The number of methoxy groups -OCH3 is 1. The standard InChI is InChI=1S/C18H22N2O3/c1-13-12-16(23-3)8-9-17(13)18(22)19-14-4-6-15(7-5-14)20(2)10-11-21/h4-9,12,21H,10-11H2,1-3H3,(H,19,22). The summed E-state index contributed by atoms with van der Waals surface area (Å²) in [6.07, 6.45) is 0. The molecule has 23 heavy (non-hydrogen) atoms. The number of ether oxygens (including phenoxy) is 1. The number of aliphatic hydroxyl groups excluding tert-OH is 1. The summed E-state index contributed by atoms with van der Waals surface area (Å²) in [4.78, 5) is 14.3. The van der Waals surface area contributed by atoms with Gasteiger partial charge in [0.1, 0.15) is 5.75 Å². The number of hydrogen-bond acceptors (Lipinski definition) is 4. The minimum absolute atomic E-state index is 0.103. The van der Waals surface area contributed by atoms with Crippen LogP contribution in [0.4, 0.5) is 11.4 Å². The molecule has 0 radical (unpaired) electrons. The van der Waals surface area contributed by atoms with Gasteiger partial charge in [-0.15, -0.1) is 0 Å². The van der Waals surface area contributed by atoms with Crippen LogP contribution >= 0.6 is 0 Å². The lowest BCUT2D eigenvalue weighted by atomic mass is 10.1. The number of amides is 1. The van der Waals surface area contributed by atoms with E-state index >= 15 is 0 Å². The van der Waals surface area contributed by atoms with Crippen LogP contribution in [0, 0.1) is 6.92 Å². The minimum Gasteiger partial charge on any atom is -0.497 e. The molecule has 0 bridgehead atoms. The van der Waals surface area contributed by atoms with Crippen molar-refractivity contribution in [2.24, 2.45) is 0 Å². The van der Waals surface area contributed by atoms with Crippen molar-refractivity contribution in [1.82, 2.24) is 0 Å². The van der Waals surface area contributed by atoms with Crippen LogP contribution in [0.5, 0.6) is 5.75 Å². The molecule has 5 heteroatoms. The van der Waals surface area contributed by atoms with E-state index in [9.17, 15) is 4.79 Å². The molecule has 0 aliphatic rings. The Kier molecular flexibility index (Phi) is 5.60. The quantitative estimate of drug-likeness (QED) is 0.860. The van der Waals surface area contributed by atoms with Crippen LogP contribution < -0.4 is 15.0 Å². The number of hydrogen-bond donors (Lipinski definition) is 2. The Morgan fingerprint density at radius 1 is 1.22 bits per heavy atom. The number of benzene rings is 2. The maximum Gasteiger partial charge on any atom is 0.255 e. The SMILES string of the molecule is COc1ccc(C(=O)Nc2ccc(N(C)CCO)cc2)c(C)c1. The first kappa shape index (κ1) is 16.8. The fraction of sp³-hybridized carbons (Fsp3) is 0.278. The summed E-state index contributed by atoms with van der Waals surface area (Å²) >= 11 is 0. The van der Waals surface area contributed by atoms with E-state index in [1.165, 1.54) is 0 Å². The smallest absolute Gasteiger partial charge is 0.255 e. The predicted octanol–water partition coefficient (Wildman–Crippen LogP) is 2.68. The summed E-state index contributed by atoms with van der Waals surface area (Å²) in [5.41, 5.74) is 3.19. The van der Waals surface area contributed by atoms with Crippen LogP contribution in [0.15, 0.2) is 42.5 Å². The van der Waals surface area contributed by atoms with Gasteiger partial charge in [-0.05, 0) is 55.0 Å². The third-order valence-electron chi connectivity index (χ3n) is 3.68. The highest BCUT2D eigenvalue weighted by Gasteiger charge is 2.10. The van der Waals surface area contributed by atoms with Gasteiger partial charge in [0.15, 0.2) is 0 Å². The monoisotopic (exact) mass is 314 g/mol. The van der Waals surface area contributed by atoms with Gasteiger partial charge in [-0.2, -0.15) is 0 Å². The van der Waals surface area contributed by atoms with Gasteiger partial charge in [0, 0.05) is 30.5 Å². The number of nitrogens with one attached hydrogen (secondary N) is 1. The normalized spacial score (nSPS) is 10.3. The largest absolute Gasteiger partial charge is 0.497 e. The van der Waals surface area contributed by atoms with Gasteiger partial charge in [0.25, 0.3) is 5.91 Å². The number of nitrogens with zero attached hydrogens (tertiary/aromatic N) is 1. The molecule has 122 valence electrons. The summed E-state index contributed by atoms with van der Waals surface area (Å²) in [6.45, 7) is 2.55. The van der Waals surface area contributed by atoms with Crippen LogP contribution in [0.2, 0.25) is 0 Å². The highest BCUT2D eigenvalue weighted by Crippen LogP contribution is 2.20. The van der Waals surface area contributed by atoms with E-state index in [0.29, 0.717) is 12.1 Å². The highest BCUT2D eigenvalue weighted by molar-refractivity contribution is 6.05. The van der Waals surface area contributed by atoms with E-state index in [4.69, 9.17) is 9.84 Å². The summed E-state index contributed by atoms with van der Waals surface area (Å²) in [5.74, 6) is 0.580. The Bertz CT molecular complexity index is 668. The Morgan fingerprint density at radius 3 is 2.48 bits per heavy atom. The molecule has 1 amide bonds. The summed E-state index contributed by atoms with van der Waals surface area (Å²) in [7, 11) is 3.51. The number of aryl methyl sites for hydroxylation is 1. The van der Waals surface area contributed by atoms with Gasteiger partial charge in [-0.1, -0.05) is 0 Å². The van der Waals surface area contributed by atoms with Crippen molar-refractivity contribution in [2.75, 3.05) is 37.5 Å². The van der Waals surface area contributed by atoms with Crippen molar-refractivity contribution >= 4 is 17.3 Å². The Labute approximate surface area is 136 Å². The Hall–Kier alpha value is -2.53. The fourth-order valence-corrected chi connectivity index (χ4v) is 2.29. The maximum atomic E-state index is 12.4. The molecule has 0 aromatic heterocycles. The average molecular weight is 314 g/mol. The minimum atomic E-state index is -0.151. The van der Waals surface area contributed by atoms with E-state index in [0.717, 1.165) is 22.7 Å². The molecule has 5 nitrogen and oxygen atoms in total. The third kappa shape index (κ3) is 4.23. The molecule has 0 aliphatic heterocycles. The molecule has 2 N–H and O–H groups in total. The number of rotatable bonds is 6. The number of carbonyl (C=O) groups is 1. The number of aliphatic hydroxyl groups is 1. The van der Waals surface area contributed by atoms with Crippen LogP contribution in [0.3, 0.4) is 0 Å². The fourth-order valence-electron chi connectivity index (χ4n) is 2.29. The second kappa shape index (κ2) is 7.65. The predicted molar refractivity (Wildman–Crippen MR) is 92.5 cm³/mol. The van der Waals surface area contributed by atoms with E-state index in [1.807, 2.05) is 49.2 Å². The van der Waals surface area contributed by atoms with Gasteiger partial charge in [0.05, 0.1) is 13.7 Å². The summed E-state index contributed by atoms with van der Waals surface area (Å²) < 4.78 is 5.15. The van der Waals surface area contributed by atoms with Crippen molar-refractivity contribution in [3.05, 3.63) is 53.6 Å². The first-order valence-electron chi connectivity index (χ1n) is 7.43. The molecule has 0 aliphatic carbocycles. The average Bonchev–Trinajstić information content (AvgIpc) is 2.55. The van der Waals surface area contributed by atoms with E-state index < -0.39 is 0 Å². The van der Waals surface area contributed by atoms with E-state index in [1.54, 1.807) is 19.2 Å². The molecular formula is C18H22N2O3. The van der Waals surface area contributed by atoms with Gasteiger partial charge < -0.3 is 20.1 Å². The second-order valence-electron chi connectivity index (χ2n) is 5.33.